The van der Waals surface area contributed by atoms with Gasteiger partial charge in [0.2, 0.25) is 23.6 Å². The summed E-state index contributed by atoms with van der Waals surface area (Å²) in [5.74, 6) is -2.25. The number of hydrogen-bond acceptors (Lipinski definition) is 6. The molecule has 0 saturated carbocycles. The van der Waals surface area contributed by atoms with Crippen LogP contribution in [-0.4, -0.2) is 65.4 Å². The van der Waals surface area contributed by atoms with Crippen molar-refractivity contribution in [3.05, 3.63) is 120 Å². The van der Waals surface area contributed by atoms with Gasteiger partial charge < -0.3 is 37.7 Å². The smallest absolute Gasteiger partial charge is 0.243 e. The average Bonchev–Trinajstić information content (AvgIpc) is 3.54. The van der Waals surface area contributed by atoms with Crippen LogP contribution in [0.5, 0.6) is 0 Å². The number of nitrogens with one attached hydrogen (secondary N) is 5. The molecule has 0 bridgehead atoms. The van der Waals surface area contributed by atoms with Gasteiger partial charge in [-0.15, -0.1) is 0 Å². The van der Waals surface area contributed by atoms with Crippen molar-refractivity contribution < 1.29 is 19.2 Å². The van der Waals surface area contributed by atoms with Gasteiger partial charge in [-0.3, -0.25) is 19.2 Å². The first-order valence-corrected chi connectivity index (χ1v) is 17.0. The summed E-state index contributed by atoms with van der Waals surface area (Å²) < 4.78 is 0. The number of hydrogen-bond donors (Lipinski definition) is 7. The lowest BCUT2D eigenvalue weighted by Gasteiger charge is -2.34. The molecular weight excluding hydrogens is 630 g/mol. The van der Waals surface area contributed by atoms with Crippen LogP contribution >= 0.6 is 0 Å². The Bertz CT molecular complexity index is 1980. The Kier molecular flexibility index (Phi) is 10.5. The summed E-state index contributed by atoms with van der Waals surface area (Å²) in [4.78, 5) is 57.9. The molecule has 0 radical (unpaired) electrons. The summed E-state index contributed by atoms with van der Waals surface area (Å²) in [7, 11) is 0. The molecule has 0 spiro atoms. The van der Waals surface area contributed by atoms with Crippen LogP contribution in [-0.2, 0) is 38.4 Å². The Hall–Kier alpha value is -5.52. The molecule has 0 aliphatic carbocycles. The zero-order valence-electron chi connectivity index (χ0n) is 27.8. The highest BCUT2D eigenvalue weighted by Crippen LogP contribution is 2.22. The third-order valence-corrected chi connectivity index (χ3v) is 9.55. The van der Waals surface area contributed by atoms with Crippen molar-refractivity contribution in [1.29, 1.82) is 0 Å². The number of amides is 4. The van der Waals surface area contributed by atoms with E-state index in [-0.39, 0.29) is 19.3 Å². The first-order valence-electron chi connectivity index (χ1n) is 17.0. The van der Waals surface area contributed by atoms with Crippen LogP contribution in [0.1, 0.15) is 29.5 Å². The molecule has 1 fully saturated rings. The van der Waals surface area contributed by atoms with Gasteiger partial charge in [-0.2, -0.15) is 0 Å². The van der Waals surface area contributed by atoms with Crippen molar-refractivity contribution in [2.45, 2.75) is 55.8 Å². The number of fused-ring (bicyclic) bond motifs is 2. The molecular formula is C39H43N7O4. The normalized spacial score (nSPS) is 15.9. The van der Waals surface area contributed by atoms with E-state index in [0.717, 1.165) is 38.4 Å². The minimum Gasteiger partial charge on any atom is -0.368 e. The zero-order valence-corrected chi connectivity index (χ0v) is 27.8. The topological polar surface area (TPSA) is 184 Å². The van der Waals surface area contributed by atoms with Crippen molar-refractivity contribution in [3.63, 3.8) is 0 Å². The lowest BCUT2D eigenvalue weighted by molar-refractivity contribution is -0.134. The fourth-order valence-corrected chi connectivity index (χ4v) is 6.65. The average molecular weight is 674 g/mol. The Balaban J connectivity index is 1.30. The molecule has 1 aliphatic heterocycles. The van der Waals surface area contributed by atoms with Crippen LogP contribution in [0.4, 0.5) is 0 Å². The molecule has 2 heterocycles. The maximum atomic E-state index is 14.4. The SMILES string of the molecule is NC(=O)[C@H](Cc1ccccc1)NC(=O)[C@@H](Cc1c[nH]c2ccccc12)NC(=O)[C@@H](Cc1cccc2ccccc12)NC(=O)C1(N)CCNCC1. The van der Waals surface area contributed by atoms with Crippen molar-refractivity contribution in [2.75, 3.05) is 13.1 Å². The van der Waals surface area contributed by atoms with Crippen molar-refractivity contribution >= 4 is 45.3 Å². The zero-order chi connectivity index (χ0) is 35.1. The second kappa shape index (κ2) is 15.4. The van der Waals surface area contributed by atoms with Crippen LogP contribution in [0.2, 0.25) is 0 Å². The predicted octanol–water partition coefficient (Wildman–Crippen LogP) is 2.37. The molecule has 11 nitrogen and oxygen atoms in total. The molecule has 6 rings (SSSR count). The molecule has 1 aromatic heterocycles. The second-order valence-corrected chi connectivity index (χ2v) is 13.1. The number of benzene rings is 4. The second-order valence-electron chi connectivity index (χ2n) is 13.1. The Morgan fingerprint density at radius 1 is 0.660 bits per heavy atom. The number of rotatable bonds is 13. The van der Waals surface area contributed by atoms with Gasteiger partial charge in [-0.05, 0) is 59.5 Å². The summed E-state index contributed by atoms with van der Waals surface area (Å²) >= 11 is 0. The van der Waals surface area contributed by atoms with E-state index in [0.29, 0.717) is 25.9 Å². The third-order valence-electron chi connectivity index (χ3n) is 9.55. The lowest BCUT2D eigenvalue weighted by atomic mass is 9.88. The molecule has 0 unspecified atom stereocenters. The molecule has 3 atom stereocenters. The van der Waals surface area contributed by atoms with E-state index in [9.17, 15) is 19.2 Å². The van der Waals surface area contributed by atoms with Gasteiger partial charge in [0.15, 0.2) is 0 Å². The molecule has 50 heavy (non-hydrogen) atoms. The van der Waals surface area contributed by atoms with Gasteiger partial charge in [0.25, 0.3) is 0 Å². The Morgan fingerprint density at radius 3 is 2.00 bits per heavy atom. The molecule has 4 aromatic carbocycles. The van der Waals surface area contributed by atoms with Crippen LogP contribution in [0.15, 0.2) is 103 Å². The summed E-state index contributed by atoms with van der Waals surface area (Å²) in [6.07, 6.45) is 3.10. The number of H-pyrrole nitrogens is 1. The maximum absolute atomic E-state index is 14.4. The number of aromatic amines is 1. The van der Waals surface area contributed by atoms with Crippen LogP contribution in [0.3, 0.4) is 0 Å². The van der Waals surface area contributed by atoms with Gasteiger partial charge in [0.1, 0.15) is 18.1 Å². The molecule has 1 aliphatic rings. The predicted molar refractivity (Wildman–Crippen MR) is 194 cm³/mol. The molecule has 9 N–H and O–H groups in total. The van der Waals surface area contributed by atoms with E-state index in [1.54, 1.807) is 6.20 Å². The Morgan fingerprint density at radius 2 is 1.26 bits per heavy atom. The number of nitrogens with two attached hydrogens (primary N) is 2. The Labute approximate surface area is 290 Å². The van der Waals surface area contributed by atoms with Crippen molar-refractivity contribution in [1.82, 2.24) is 26.3 Å². The van der Waals surface area contributed by atoms with Gasteiger partial charge in [0, 0.05) is 36.4 Å². The monoisotopic (exact) mass is 673 g/mol. The van der Waals surface area contributed by atoms with Crippen molar-refractivity contribution in [3.8, 4) is 0 Å². The van der Waals surface area contributed by atoms with Gasteiger partial charge in [-0.25, -0.2) is 0 Å². The van der Waals surface area contributed by atoms with Crippen molar-refractivity contribution in [2.24, 2.45) is 11.5 Å². The summed E-state index contributed by atoms with van der Waals surface area (Å²) in [5, 5.41) is 14.7. The van der Waals surface area contributed by atoms with E-state index in [2.05, 4.69) is 26.3 Å². The number of carbonyl (C=O) groups is 4. The summed E-state index contributed by atoms with van der Waals surface area (Å²) in [6.45, 7) is 1.17. The third kappa shape index (κ3) is 8.02. The fraction of sp³-hybridized carbons (Fsp3) is 0.282. The number of primary amides is 1. The highest BCUT2D eigenvalue weighted by Gasteiger charge is 2.38. The molecule has 258 valence electrons. The number of carbonyl (C=O) groups excluding carboxylic acids is 4. The number of aromatic nitrogens is 1. The number of para-hydroxylation sites is 1. The summed E-state index contributed by atoms with van der Waals surface area (Å²) in [5.41, 5.74) is 14.5. The highest BCUT2D eigenvalue weighted by atomic mass is 16.2. The van der Waals surface area contributed by atoms with Crippen LogP contribution < -0.4 is 32.7 Å². The molecule has 5 aromatic rings. The quantitative estimate of drug-likeness (QED) is 0.101. The van der Waals surface area contributed by atoms with E-state index in [1.165, 1.54) is 0 Å². The van der Waals surface area contributed by atoms with E-state index >= 15 is 0 Å². The van der Waals surface area contributed by atoms with Crippen LogP contribution in [0, 0.1) is 0 Å². The maximum Gasteiger partial charge on any atom is 0.243 e. The first kappa shape index (κ1) is 34.3. The molecule has 11 heteroatoms. The van der Waals surface area contributed by atoms with E-state index in [4.69, 9.17) is 11.5 Å². The molecule has 1 saturated heterocycles. The highest BCUT2D eigenvalue weighted by molar-refractivity contribution is 5.97. The molecule has 4 amide bonds. The van der Waals surface area contributed by atoms with Gasteiger partial charge >= 0.3 is 0 Å². The minimum atomic E-state index is -1.14. The fourth-order valence-electron chi connectivity index (χ4n) is 6.65. The van der Waals surface area contributed by atoms with E-state index in [1.807, 2.05) is 97.1 Å². The standard InChI is InChI=1S/C39H43N7O4/c40-35(47)32(21-25-9-2-1-3-10-25)44-36(48)33(23-28-24-43-31-16-7-6-15-30(28)31)45-37(49)34(46-38(50)39(41)17-19-42-20-18-39)22-27-13-8-12-26-11-4-5-14-29(26)27/h1-16,24,32-34,42-43H,17-23,41H2,(H2,40,47)(H,44,48)(H,45,49)(H,46,50)/t32-,33+,34+/m0/s1. The first-order chi connectivity index (χ1) is 24.2. The van der Waals surface area contributed by atoms with Gasteiger partial charge in [-0.1, -0.05) is 91.0 Å². The van der Waals surface area contributed by atoms with E-state index < -0.39 is 47.3 Å². The van der Waals surface area contributed by atoms with Gasteiger partial charge in [0.05, 0.1) is 5.54 Å². The lowest BCUT2D eigenvalue weighted by Crippen LogP contribution is -2.63. The minimum absolute atomic E-state index is 0.111. The largest absolute Gasteiger partial charge is 0.368 e. The summed E-state index contributed by atoms with van der Waals surface area (Å²) in [6, 6.07) is 27.4. The number of piperidine rings is 1. The van der Waals surface area contributed by atoms with Crippen LogP contribution in [0.25, 0.3) is 21.7 Å².